The number of methoxy groups -OCH3 is 1. The van der Waals surface area contributed by atoms with E-state index in [4.69, 9.17) is 9.72 Å². The van der Waals surface area contributed by atoms with E-state index in [1.54, 1.807) is 13.4 Å². The van der Waals surface area contributed by atoms with Crippen molar-refractivity contribution in [3.05, 3.63) is 29.7 Å². The minimum Gasteiger partial charge on any atom is -0.383 e. The third-order valence-electron chi connectivity index (χ3n) is 5.82. The lowest BCUT2D eigenvalue weighted by atomic mass is 10.2. The standard InChI is InChI=1S/C20H26N8O/c1-14-24-16-5-3-4-15(16)18(25-14)26-6-8-27(9-7-26)19-17-20(22-12-21-19)28(13-23-17)10-11-29-2/h12-13H,3-11H2,1-2H3. The second kappa shape index (κ2) is 7.55. The van der Waals surface area contributed by atoms with Gasteiger partial charge in [-0.3, -0.25) is 0 Å². The fourth-order valence-corrected chi connectivity index (χ4v) is 4.38. The highest BCUT2D eigenvalue weighted by Gasteiger charge is 2.26. The van der Waals surface area contributed by atoms with Crippen molar-refractivity contribution in [2.45, 2.75) is 32.7 Å². The van der Waals surface area contributed by atoms with Gasteiger partial charge in [-0.05, 0) is 26.2 Å². The number of aromatic nitrogens is 6. The van der Waals surface area contributed by atoms with Crippen LogP contribution in [0.15, 0.2) is 12.7 Å². The van der Waals surface area contributed by atoms with Crippen LogP contribution < -0.4 is 9.80 Å². The molecule has 1 saturated heterocycles. The maximum absolute atomic E-state index is 5.19. The highest BCUT2D eigenvalue weighted by atomic mass is 16.5. The molecule has 29 heavy (non-hydrogen) atoms. The number of piperazine rings is 1. The molecule has 0 atom stereocenters. The van der Waals surface area contributed by atoms with E-state index in [0.717, 1.165) is 74.2 Å². The molecule has 4 heterocycles. The number of fused-ring (bicyclic) bond motifs is 2. The molecule has 1 aliphatic carbocycles. The van der Waals surface area contributed by atoms with Crippen molar-refractivity contribution in [2.75, 3.05) is 49.7 Å². The van der Waals surface area contributed by atoms with Crippen molar-refractivity contribution in [3.63, 3.8) is 0 Å². The van der Waals surface area contributed by atoms with Gasteiger partial charge in [-0.1, -0.05) is 0 Å². The lowest BCUT2D eigenvalue weighted by Crippen LogP contribution is -2.47. The largest absolute Gasteiger partial charge is 0.383 e. The molecule has 152 valence electrons. The summed E-state index contributed by atoms with van der Waals surface area (Å²) in [7, 11) is 1.70. The number of anilines is 2. The van der Waals surface area contributed by atoms with Gasteiger partial charge in [-0.2, -0.15) is 0 Å². The van der Waals surface area contributed by atoms with E-state index in [2.05, 4.69) is 29.7 Å². The number of imidazole rings is 1. The van der Waals surface area contributed by atoms with Crippen LogP contribution in [0.1, 0.15) is 23.5 Å². The van der Waals surface area contributed by atoms with E-state index in [0.29, 0.717) is 6.61 Å². The third-order valence-corrected chi connectivity index (χ3v) is 5.82. The van der Waals surface area contributed by atoms with E-state index in [9.17, 15) is 0 Å². The van der Waals surface area contributed by atoms with Crippen molar-refractivity contribution in [1.29, 1.82) is 0 Å². The number of ether oxygens (including phenoxy) is 1. The van der Waals surface area contributed by atoms with Gasteiger partial charge in [0.1, 0.15) is 18.0 Å². The lowest BCUT2D eigenvalue weighted by Gasteiger charge is -2.36. The summed E-state index contributed by atoms with van der Waals surface area (Å²) in [6.45, 7) is 6.96. The molecule has 0 aromatic carbocycles. The molecule has 2 aliphatic rings. The number of hydrogen-bond donors (Lipinski definition) is 0. The summed E-state index contributed by atoms with van der Waals surface area (Å²) in [5.74, 6) is 2.93. The first-order chi connectivity index (χ1) is 14.2. The van der Waals surface area contributed by atoms with Crippen LogP contribution in [0.3, 0.4) is 0 Å². The molecular weight excluding hydrogens is 368 g/mol. The predicted molar refractivity (Wildman–Crippen MR) is 110 cm³/mol. The number of nitrogens with zero attached hydrogens (tertiary/aromatic N) is 8. The molecule has 0 bridgehead atoms. The quantitative estimate of drug-likeness (QED) is 0.642. The number of hydrogen-bond acceptors (Lipinski definition) is 8. The zero-order chi connectivity index (χ0) is 19.8. The predicted octanol–water partition coefficient (Wildman–Crippen LogP) is 1.39. The van der Waals surface area contributed by atoms with Crippen molar-refractivity contribution >= 4 is 22.8 Å². The molecule has 5 rings (SSSR count). The van der Waals surface area contributed by atoms with E-state index in [-0.39, 0.29) is 0 Å². The summed E-state index contributed by atoms with van der Waals surface area (Å²) < 4.78 is 7.21. The van der Waals surface area contributed by atoms with E-state index < -0.39 is 0 Å². The van der Waals surface area contributed by atoms with E-state index in [1.807, 2.05) is 17.8 Å². The summed E-state index contributed by atoms with van der Waals surface area (Å²) in [4.78, 5) is 27.7. The Bertz CT molecular complexity index is 1020. The summed E-state index contributed by atoms with van der Waals surface area (Å²) in [6, 6.07) is 0. The molecule has 1 aliphatic heterocycles. The Kier molecular flexibility index (Phi) is 4.75. The Labute approximate surface area is 169 Å². The fourth-order valence-electron chi connectivity index (χ4n) is 4.38. The van der Waals surface area contributed by atoms with Crippen LogP contribution in [0.4, 0.5) is 11.6 Å². The van der Waals surface area contributed by atoms with Crippen LogP contribution in [-0.4, -0.2) is 69.4 Å². The molecule has 0 saturated carbocycles. The Morgan fingerprint density at radius 1 is 0.966 bits per heavy atom. The molecular formula is C20H26N8O. The second-order valence-electron chi connectivity index (χ2n) is 7.65. The van der Waals surface area contributed by atoms with Crippen molar-refractivity contribution < 1.29 is 4.74 Å². The summed E-state index contributed by atoms with van der Waals surface area (Å²) >= 11 is 0. The van der Waals surface area contributed by atoms with Crippen molar-refractivity contribution in [1.82, 2.24) is 29.5 Å². The number of aryl methyl sites for hydroxylation is 2. The van der Waals surface area contributed by atoms with Gasteiger partial charge >= 0.3 is 0 Å². The van der Waals surface area contributed by atoms with Crippen LogP contribution >= 0.6 is 0 Å². The van der Waals surface area contributed by atoms with E-state index >= 15 is 0 Å². The zero-order valence-corrected chi connectivity index (χ0v) is 17.0. The van der Waals surface area contributed by atoms with Crippen LogP contribution in [0.2, 0.25) is 0 Å². The zero-order valence-electron chi connectivity index (χ0n) is 17.0. The monoisotopic (exact) mass is 394 g/mol. The van der Waals surface area contributed by atoms with Gasteiger partial charge in [0.25, 0.3) is 0 Å². The molecule has 3 aromatic heterocycles. The molecule has 3 aromatic rings. The van der Waals surface area contributed by atoms with Gasteiger partial charge in [0.05, 0.1) is 12.9 Å². The molecule has 0 radical (unpaired) electrons. The van der Waals surface area contributed by atoms with Crippen LogP contribution in [0, 0.1) is 6.92 Å². The first kappa shape index (κ1) is 18.2. The molecule has 0 N–H and O–H groups in total. The van der Waals surface area contributed by atoms with Crippen LogP contribution in [0.25, 0.3) is 11.2 Å². The maximum atomic E-state index is 5.19. The van der Waals surface area contributed by atoms with Gasteiger partial charge < -0.3 is 19.1 Å². The molecule has 1 fully saturated rings. The lowest BCUT2D eigenvalue weighted by molar-refractivity contribution is 0.188. The molecule has 0 spiro atoms. The van der Waals surface area contributed by atoms with Gasteiger partial charge in [0.2, 0.25) is 0 Å². The van der Waals surface area contributed by atoms with Crippen LogP contribution in [-0.2, 0) is 24.1 Å². The topological polar surface area (TPSA) is 85.1 Å². The van der Waals surface area contributed by atoms with Gasteiger partial charge in [-0.15, -0.1) is 0 Å². The highest BCUT2D eigenvalue weighted by molar-refractivity contribution is 5.83. The Balaban J connectivity index is 1.36. The summed E-state index contributed by atoms with van der Waals surface area (Å²) in [5.41, 5.74) is 4.31. The Morgan fingerprint density at radius 2 is 1.76 bits per heavy atom. The molecule has 9 heteroatoms. The van der Waals surface area contributed by atoms with Gasteiger partial charge in [-0.25, -0.2) is 24.9 Å². The average molecular weight is 394 g/mol. The van der Waals surface area contributed by atoms with Gasteiger partial charge in [0.15, 0.2) is 17.0 Å². The van der Waals surface area contributed by atoms with Gasteiger partial charge in [0, 0.05) is 51.1 Å². The first-order valence-corrected chi connectivity index (χ1v) is 10.3. The maximum Gasteiger partial charge on any atom is 0.165 e. The molecule has 0 amide bonds. The average Bonchev–Trinajstić information content (AvgIpc) is 3.38. The number of rotatable bonds is 5. The first-order valence-electron chi connectivity index (χ1n) is 10.3. The molecule has 9 nitrogen and oxygen atoms in total. The van der Waals surface area contributed by atoms with Crippen molar-refractivity contribution in [3.8, 4) is 0 Å². The summed E-state index contributed by atoms with van der Waals surface area (Å²) in [6.07, 6.45) is 6.82. The fraction of sp³-hybridized carbons (Fsp3) is 0.550. The summed E-state index contributed by atoms with van der Waals surface area (Å²) in [5, 5.41) is 0. The second-order valence-corrected chi connectivity index (χ2v) is 7.65. The third kappa shape index (κ3) is 3.29. The van der Waals surface area contributed by atoms with Crippen LogP contribution in [0.5, 0.6) is 0 Å². The Morgan fingerprint density at radius 3 is 2.55 bits per heavy atom. The Hall–Kier alpha value is -2.81. The highest BCUT2D eigenvalue weighted by Crippen LogP contribution is 2.30. The normalized spacial score (nSPS) is 16.6. The minimum atomic E-state index is 0.631. The SMILES string of the molecule is COCCn1cnc2c(N3CCN(c4nc(C)nc5c4CCC5)CC3)ncnc21. The van der Waals surface area contributed by atoms with E-state index in [1.165, 1.54) is 17.7 Å². The van der Waals surface area contributed by atoms with Crippen molar-refractivity contribution in [2.24, 2.45) is 0 Å². The minimum absolute atomic E-state index is 0.631. The smallest absolute Gasteiger partial charge is 0.165 e. The molecule has 0 unspecified atom stereocenters.